The molecule has 1 fully saturated rings. The quantitative estimate of drug-likeness (QED) is 0.848. The Labute approximate surface area is 122 Å². The van der Waals surface area contributed by atoms with E-state index in [4.69, 9.17) is 0 Å². The Balaban J connectivity index is 2.22. The zero-order valence-corrected chi connectivity index (χ0v) is 13.3. The van der Waals surface area contributed by atoms with Crippen molar-refractivity contribution in [2.75, 3.05) is 40.3 Å². The Hall–Kier alpha value is -0.910. The molecule has 1 aromatic heterocycles. The number of hydrogen-bond donors (Lipinski definition) is 1. The molecule has 0 aliphatic carbocycles. The SMILES string of the molecule is CCCn1nccc1C(NCC)C1CN(C)CCN1C. The molecule has 5 nitrogen and oxygen atoms in total. The monoisotopic (exact) mass is 279 g/mol. The molecule has 0 spiro atoms. The molecule has 2 unspecified atom stereocenters. The van der Waals surface area contributed by atoms with Crippen LogP contribution in [0.4, 0.5) is 0 Å². The summed E-state index contributed by atoms with van der Waals surface area (Å²) in [4.78, 5) is 4.91. The summed E-state index contributed by atoms with van der Waals surface area (Å²) in [6.07, 6.45) is 3.05. The standard InChI is InChI=1S/C15H29N5/c1-5-9-20-13(7-8-17-20)15(16-6-2)14-12-18(3)10-11-19(14)4/h7-8,14-16H,5-6,9-12H2,1-4H3. The highest BCUT2D eigenvalue weighted by Crippen LogP contribution is 2.23. The van der Waals surface area contributed by atoms with Crippen LogP contribution in [0.15, 0.2) is 12.3 Å². The van der Waals surface area contributed by atoms with E-state index in [1.54, 1.807) is 0 Å². The second-order valence-electron chi connectivity index (χ2n) is 5.82. The molecule has 1 N–H and O–H groups in total. The third-order valence-corrected chi connectivity index (χ3v) is 4.21. The van der Waals surface area contributed by atoms with Crippen LogP contribution >= 0.6 is 0 Å². The van der Waals surface area contributed by atoms with Crippen molar-refractivity contribution in [2.24, 2.45) is 0 Å². The van der Waals surface area contributed by atoms with Crippen molar-refractivity contribution in [1.29, 1.82) is 0 Å². The maximum Gasteiger partial charge on any atom is 0.0662 e. The first kappa shape index (κ1) is 15.5. The van der Waals surface area contributed by atoms with Gasteiger partial charge >= 0.3 is 0 Å². The Morgan fingerprint density at radius 2 is 2.15 bits per heavy atom. The van der Waals surface area contributed by atoms with E-state index in [9.17, 15) is 0 Å². The fourth-order valence-corrected chi connectivity index (χ4v) is 3.07. The first-order chi connectivity index (χ1) is 9.67. The van der Waals surface area contributed by atoms with Gasteiger partial charge in [0.05, 0.1) is 11.7 Å². The molecule has 20 heavy (non-hydrogen) atoms. The van der Waals surface area contributed by atoms with Gasteiger partial charge in [0.15, 0.2) is 0 Å². The van der Waals surface area contributed by atoms with Crippen molar-refractivity contribution in [2.45, 2.75) is 38.9 Å². The van der Waals surface area contributed by atoms with Gasteiger partial charge in [-0.1, -0.05) is 13.8 Å². The van der Waals surface area contributed by atoms with E-state index >= 15 is 0 Å². The number of aromatic nitrogens is 2. The number of nitrogens with zero attached hydrogens (tertiary/aromatic N) is 4. The minimum absolute atomic E-state index is 0.349. The lowest BCUT2D eigenvalue weighted by Gasteiger charge is -2.42. The van der Waals surface area contributed by atoms with Gasteiger partial charge in [0.2, 0.25) is 0 Å². The molecular formula is C15H29N5. The summed E-state index contributed by atoms with van der Waals surface area (Å²) in [5.74, 6) is 0. The Morgan fingerprint density at radius 1 is 1.35 bits per heavy atom. The van der Waals surface area contributed by atoms with Gasteiger partial charge in [-0.2, -0.15) is 5.10 Å². The Bertz CT molecular complexity index is 403. The van der Waals surface area contributed by atoms with Gasteiger partial charge in [-0.3, -0.25) is 9.58 Å². The van der Waals surface area contributed by atoms with E-state index in [1.165, 1.54) is 5.69 Å². The van der Waals surface area contributed by atoms with Crippen LogP contribution in [0.2, 0.25) is 0 Å². The highest BCUT2D eigenvalue weighted by molar-refractivity contribution is 5.11. The lowest BCUT2D eigenvalue weighted by molar-refractivity contribution is 0.0856. The van der Waals surface area contributed by atoms with Crippen LogP contribution in [0.5, 0.6) is 0 Å². The van der Waals surface area contributed by atoms with Crippen LogP contribution in [0.25, 0.3) is 0 Å². The van der Waals surface area contributed by atoms with Crippen molar-refractivity contribution in [3.63, 3.8) is 0 Å². The number of aryl methyl sites for hydroxylation is 1. The third kappa shape index (κ3) is 3.40. The molecule has 2 heterocycles. The van der Waals surface area contributed by atoms with Crippen molar-refractivity contribution >= 4 is 0 Å². The summed E-state index contributed by atoms with van der Waals surface area (Å²) in [7, 11) is 4.45. The molecule has 1 saturated heterocycles. The first-order valence-electron chi connectivity index (χ1n) is 7.81. The molecule has 0 amide bonds. The topological polar surface area (TPSA) is 36.3 Å². The number of piperazine rings is 1. The van der Waals surface area contributed by atoms with Crippen LogP contribution in [0.3, 0.4) is 0 Å². The Morgan fingerprint density at radius 3 is 2.85 bits per heavy atom. The van der Waals surface area contributed by atoms with E-state index in [-0.39, 0.29) is 0 Å². The van der Waals surface area contributed by atoms with Gasteiger partial charge in [-0.15, -0.1) is 0 Å². The number of likely N-dealkylation sites (N-methyl/N-ethyl adjacent to an activating group) is 3. The molecule has 2 atom stereocenters. The van der Waals surface area contributed by atoms with Crippen LogP contribution < -0.4 is 5.32 Å². The highest BCUT2D eigenvalue weighted by atomic mass is 15.3. The van der Waals surface area contributed by atoms with Gasteiger partial charge in [0.25, 0.3) is 0 Å². The van der Waals surface area contributed by atoms with Crippen molar-refractivity contribution in [3.8, 4) is 0 Å². The predicted octanol–water partition coefficient (Wildman–Crippen LogP) is 1.19. The van der Waals surface area contributed by atoms with Gasteiger partial charge in [0.1, 0.15) is 0 Å². The van der Waals surface area contributed by atoms with Gasteiger partial charge in [-0.05, 0) is 33.1 Å². The summed E-state index contributed by atoms with van der Waals surface area (Å²) in [6, 6.07) is 3.02. The summed E-state index contributed by atoms with van der Waals surface area (Å²) in [5, 5.41) is 8.17. The van der Waals surface area contributed by atoms with E-state index in [1.807, 2.05) is 6.20 Å². The summed E-state index contributed by atoms with van der Waals surface area (Å²) in [5.41, 5.74) is 1.32. The van der Waals surface area contributed by atoms with E-state index in [0.29, 0.717) is 12.1 Å². The zero-order valence-electron chi connectivity index (χ0n) is 13.3. The highest BCUT2D eigenvalue weighted by Gasteiger charge is 2.32. The summed E-state index contributed by atoms with van der Waals surface area (Å²) < 4.78 is 2.16. The molecule has 1 aliphatic rings. The van der Waals surface area contributed by atoms with Crippen LogP contribution in [-0.2, 0) is 6.54 Å². The first-order valence-corrected chi connectivity index (χ1v) is 7.81. The molecule has 0 saturated carbocycles. The fraction of sp³-hybridized carbons (Fsp3) is 0.800. The molecule has 0 bridgehead atoms. The van der Waals surface area contributed by atoms with E-state index in [2.05, 4.69) is 58.9 Å². The third-order valence-electron chi connectivity index (χ3n) is 4.21. The van der Waals surface area contributed by atoms with Crippen molar-refractivity contribution in [3.05, 3.63) is 18.0 Å². The maximum atomic E-state index is 4.49. The molecule has 114 valence electrons. The second kappa shape index (κ2) is 7.20. The van der Waals surface area contributed by atoms with E-state index < -0.39 is 0 Å². The normalized spacial score (nSPS) is 23.1. The lowest BCUT2D eigenvalue weighted by Crippen LogP contribution is -2.55. The van der Waals surface area contributed by atoms with Crippen LogP contribution in [-0.4, -0.2) is 65.9 Å². The van der Waals surface area contributed by atoms with E-state index in [0.717, 1.165) is 39.1 Å². The molecule has 2 rings (SSSR count). The zero-order chi connectivity index (χ0) is 14.5. The maximum absolute atomic E-state index is 4.49. The van der Waals surface area contributed by atoms with Crippen LogP contribution in [0, 0.1) is 0 Å². The molecule has 0 aromatic carbocycles. The smallest absolute Gasteiger partial charge is 0.0662 e. The lowest BCUT2D eigenvalue weighted by atomic mass is 10.0. The van der Waals surface area contributed by atoms with Crippen LogP contribution in [0.1, 0.15) is 32.0 Å². The van der Waals surface area contributed by atoms with Crippen molar-refractivity contribution in [1.82, 2.24) is 24.9 Å². The molecule has 1 aromatic rings. The van der Waals surface area contributed by atoms with Gasteiger partial charge in [-0.25, -0.2) is 0 Å². The molecule has 1 aliphatic heterocycles. The minimum atomic E-state index is 0.349. The van der Waals surface area contributed by atoms with Crippen molar-refractivity contribution < 1.29 is 0 Å². The molecule has 0 radical (unpaired) electrons. The fourth-order valence-electron chi connectivity index (χ4n) is 3.07. The average molecular weight is 279 g/mol. The summed E-state index contributed by atoms with van der Waals surface area (Å²) in [6.45, 7) is 9.75. The predicted molar refractivity (Wildman–Crippen MR) is 82.9 cm³/mol. The number of hydrogen-bond acceptors (Lipinski definition) is 4. The number of nitrogens with one attached hydrogen (secondary N) is 1. The minimum Gasteiger partial charge on any atom is -0.308 e. The van der Waals surface area contributed by atoms with Gasteiger partial charge in [0, 0.05) is 38.4 Å². The molecule has 5 heteroatoms. The number of rotatable bonds is 6. The largest absolute Gasteiger partial charge is 0.308 e. The molecular weight excluding hydrogens is 250 g/mol. The second-order valence-corrected chi connectivity index (χ2v) is 5.82. The summed E-state index contributed by atoms with van der Waals surface area (Å²) >= 11 is 0. The Kier molecular flexibility index (Phi) is 5.57. The van der Waals surface area contributed by atoms with Gasteiger partial charge < -0.3 is 10.2 Å². The average Bonchev–Trinajstić information content (AvgIpc) is 2.88.